The molecule has 1 N–H and O–H groups in total. The van der Waals surface area contributed by atoms with Crippen molar-refractivity contribution in [3.05, 3.63) is 35.7 Å². The highest BCUT2D eigenvalue weighted by atomic mass is 16.5. The zero-order valence-electron chi connectivity index (χ0n) is 11.5. The van der Waals surface area contributed by atoms with E-state index >= 15 is 0 Å². The molecule has 7 nitrogen and oxygen atoms in total. The number of nitrogens with one attached hydrogen (secondary N) is 1. The van der Waals surface area contributed by atoms with Crippen LogP contribution in [0.2, 0.25) is 0 Å². The summed E-state index contributed by atoms with van der Waals surface area (Å²) in [6.45, 7) is 3.86. The van der Waals surface area contributed by atoms with Crippen LogP contribution < -0.4 is 5.32 Å². The van der Waals surface area contributed by atoms with Crippen molar-refractivity contribution in [2.24, 2.45) is 7.05 Å². The quantitative estimate of drug-likeness (QED) is 0.864. The number of aromatic nitrogens is 3. The Bertz CT molecular complexity index is 618. The summed E-state index contributed by atoms with van der Waals surface area (Å²) in [5.74, 6) is 1.39. The number of hydrogen-bond donors (Lipinski definition) is 1. The molecular formula is C13H17N5O2. The third-order valence-corrected chi connectivity index (χ3v) is 3.51. The second-order valence-electron chi connectivity index (χ2n) is 4.94. The van der Waals surface area contributed by atoms with E-state index in [1.165, 1.54) is 0 Å². The minimum absolute atomic E-state index is 0.0896. The molecule has 20 heavy (non-hydrogen) atoms. The van der Waals surface area contributed by atoms with Gasteiger partial charge in [0.1, 0.15) is 17.6 Å². The van der Waals surface area contributed by atoms with E-state index in [-0.39, 0.29) is 11.9 Å². The maximum atomic E-state index is 12.6. The van der Waals surface area contributed by atoms with Gasteiger partial charge in [-0.15, -0.1) is 0 Å². The molecule has 1 atom stereocenters. The number of nitrogens with zero attached hydrogens (tertiary/aromatic N) is 4. The largest absolute Gasteiger partial charge is 0.361 e. The number of carbonyl (C=O) groups is 1. The highest BCUT2D eigenvalue weighted by Gasteiger charge is 2.32. The Balaban J connectivity index is 1.89. The third kappa shape index (κ3) is 2.20. The van der Waals surface area contributed by atoms with Crippen LogP contribution >= 0.6 is 0 Å². The van der Waals surface area contributed by atoms with Crippen LogP contribution in [0.5, 0.6) is 0 Å². The Morgan fingerprint density at radius 1 is 1.55 bits per heavy atom. The van der Waals surface area contributed by atoms with Crippen molar-refractivity contribution < 1.29 is 9.32 Å². The third-order valence-electron chi connectivity index (χ3n) is 3.51. The average molecular weight is 275 g/mol. The van der Waals surface area contributed by atoms with Crippen LogP contribution in [0, 0.1) is 6.92 Å². The molecule has 2 aromatic rings. The molecule has 2 aromatic heterocycles. The number of piperazine rings is 1. The van der Waals surface area contributed by atoms with Gasteiger partial charge in [-0.05, 0) is 6.92 Å². The number of aryl methyl sites for hydroxylation is 2. The zero-order valence-corrected chi connectivity index (χ0v) is 11.5. The Morgan fingerprint density at radius 2 is 2.40 bits per heavy atom. The van der Waals surface area contributed by atoms with Crippen molar-refractivity contribution in [1.29, 1.82) is 0 Å². The summed E-state index contributed by atoms with van der Waals surface area (Å²) in [6, 6.07) is 1.58. The van der Waals surface area contributed by atoms with E-state index in [9.17, 15) is 4.79 Å². The molecule has 0 saturated carbocycles. The van der Waals surface area contributed by atoms with Gasteiger partial charge >= 0.3 is 0 Å². The number of rotatable bonds is 2. The van der Waals surface area contributed by atoms with Crippen molar-refractivity contribution in [1.82, 2.24) is 24.9 Å². The SMILES string of the molecule is Cc1cc(C(=O)N2CCNCC2c2nccn2C)no1. The van der Waals surface area contributed by atoms with Crippen molar-refractivity contribution in [2.75, 3.05) is 19.6 Å². The van der Waals surface area contributed by atoms with Crippen molar-refractivity contribution >= 4 is 5.91 Å². The lowest BCUT2D eigenvalue weighted by atomic mass is 10.1. The fourth-order valence-electron chi connectivity index (χ4n) is 2.49. The highest BCUT2D eigenvalue weighted by molar-refractivity contribution is 5.92. The predicted octanol–water partition coefficient (Wildman–Crippen LogP) is 0.503. The summed E-state index contributed by atoms with van der Waals surface area (Å²) in [5, 5.41) is 7.12. The normalized spacial score (nSPS) is 19.3. The van der Waals surface area contributed by atoms with E-state index in [0.29, 0.717) is 24.5 Å². The predicted molar refractivity (Wildman–Crippen MR) is 71.1 cm³/mol. The molecule has 0 spiro atoms. The van der Waals surface area contributed by atoms with Gasteiger partial charge in [-0.2, -0.15) is 0 Å². The van der Waals surface area contributed by atoms with E-state index in [0.717, 1.165) is 12.4 Å². The molecule has 7 heteroatoms. The topological polar surface area (TPSA) is 76.2 Å². The van der Waals surface area contributed by atoms with E-state index in [1.54, 1.807) is 24.1 Å². The molecule has 1 fully saturated rings. The maximum Gasteiger partial charge on any atom is 0.276 e. The van der Waals surface area contributed by atoms with Crippen LogP contribution in [-0.2, 0) is 7.05 Å². The Hall–Kier alpha value is -2.15. The molecule has 0 aromatic carbocycles. The molecule has 3 heterocycles. The van der Waals surface area contributed by atoms with Gasteiger partial charge in [0.2, 0.25) is 0 Å². The van der Waals surface area contributed by atoms with Crippen LogP contribution in [0.25, 0.3) is 0 Å². The van der Waals surface area contributed by atoms with Crippen LogP contribution in [-0.4, -0.2) is 45.1 Å². The molecule has 0 radical (unpaired) electrons. The fraction of sp³-hybridized carbons (Fsp3) is 0.462. The number of hydrogen-bond acceptors (Lipinski definition) is 5. The van der Waals surface area contributed by atoms with Gasteiger partial charge in [-0.25, -0.2) is 4.98 Å². The first-order valence-corrected chi connectivity index (χ1v) is 6.59. The van der Waals surface area contributed by atoms with Gasteiger partial charge in [0, 0.05) is 45.1 Å². The van der Waals surface area contributed by atoms with E-state index < -0.39 is 0 Å². The zero-order chi connectivity index (χ0) is 14.1. The molecule has 106 valence electrons. The summed E-state index contributed by atoms with van der Waals surface area (Å²) in [4.78, 5) is 18.7. The van der Waals surface area contributed by atoms with Crippen LogP contribution in [0.4, 0.5) is 0 Å². The molecule has 0 bridgehead atoms. The van der Waals surface area contributed by atoms with Crippen molar-refractivity contribution in [3.8, 4) is 0 Å². The number of imidazole rings is 1. The fourth-order valence-corrected chi connectivity index (χ4v) is 2.49. The Kier molecular flexibility index (Phi) is 3.27. The van der Waals surface area contributed by atoms with Crippen molar-refractivity contribution in [3.63, 3.8) is 0 Å². The summed E-state index contributed by atoms with van der Waals surface area (Å²) in [5.41, 5.74) is 0.351. The van der Waals surface area contributed by atoms with E-state index in [2.05, 4.69) is 15.5 Å². The molecular weight excluding hydrogens is 258 g/mol. The lowest BCUT2D eigenvalue weighted by Crippen LogP contribution is -2.49. The summed E-state index contributed by atoms with van der Waals surface area (Å²) in [6.07, 6.45) is 3.62. The standard InChI is InChI=1S/C13H17N5O2/c1-9-7-10(16-20-9)13(19)18-6-3-14-8-11(18)12-15-4-5-17(12)2/h4-5,7,11,14H,3,6,8H2,1-2H3. The minimum Gasteiger partial charge on any atom is -0.361 e. The maximum absolute atomic E-state index is 12.6. The number of amides is 1. The lowest BCUT2D eigenvalue weighted by molar-refractivity contribution is 0.0610. The van der Waals surface area contributed by atoms with Crippen LogP contribution in [0.15, 0.2) is 23.0 Å². The lowest BCUT2D eigenvalue weighted by Gasteiger charge is -2.35. The van der Waals surface area contributed by atoms with Crippen LogP contribution in [0.3, 0.4) is 0 Å². The Labute approximate surface area is 116 Å². The summed E-state index contributed by atoms with van der Waals surface area (Å²) in [7, 11) is 1.93. The van der Waals surface area contributed by atoms with E-state index in [4.69, 9.17) is 4.52 Å². The van der Waals surface area contributed by atoms with Crippen molar-refractivity contribution in [2.45, 2.75) is 13.0 Å². The molecule has 1 amide bonds. The molecule has 1 saturated heterocycles. The molecule has 0 aliphatic carbocycles. The first-order valence-electron chi connectivity index (χ1n) is 6.59. The van der Waals surface area contributed by atoms with Gasteiger partial charge in [-0.3, -0.25) is 4.79 Å². The second-order valence-corrected chi connectivity index (χ2v) is 4.94. The van der Waals surface area contributed by atoms with E-state index in [1.807, 2.05) is 17.8 Å². The van der Waals surface area contributed by atoms with Gasteiger partial charge in [0.25, 0.3) is 5.91 Å². The summed E-state index contributed by atoms with van der Waals surface area (Å²) >= 11 is 0. The van der Waals surface area contributed by atoms with Gasteiger partial charge < -0.3 is 19.3 Å². The van der Waals surface area contributed by atoms with Gasteiger partial charge in [0.05, 0.1) is 0 Å². The van der Waals surface area contributed by atoms with Gasteiger partial charge in [-0.1, -0.05) is 5.16 Å². The Morgan fingerprint density at radius 3 is 3.05 bits per heavy atom. The van der Waals surface area contributed by atoms with Gasteiger partial charge in [0.15, 0.2) is 5.69 Å². The monoisotopic (exact) mass is 275 g/mol. The molecule has 1 unspecified atom stereocenters. The first kappa shape index (κ1) is 12.9. The summed E-state index contributed by atoms with van der Waals surface area (Å²) < 4.78 is 6.93. The molecule has 3 rings (SSSR count). The average Bonchev–Trinajstić information content (AvgIpc) is 3.07. The van der Waals surface area contributed by atoms with Crippen LogP contribution in [0.1, 0.15) is 28.1 Å². The first-order chi connectivity index (χ1) is 9.66. The second kappa shape index (κ2) is 5.09. The minimum atomic E-state index is -0.114. The highest BCUT2D eigenvalue weighted by Crippen LogP contribution is 2.22. The smallest absolute Gasteiger partial charge is 0.276 e. The molecule has 1 aliphatic heterocycles. The molecule has 1 aliphatic rings. The number of carbonyl (C=O) groups excluding carboxylic acids is 1.